The van der Waals surface area contributed by atoms with Crippen LogP contribution in [0.25, 0.3) is 0 Å². The lowest BCUT2D eigenvalue weighted by Crippen LogP contribution is -2.53. The predicted molar refractivity (Wildman–Crippen MR) is 60.4 cm³/mol. The van der Waals surface area contributed by atoms with E-state index in [9.17, 15) is 4.79 Å². The average Bonchev–Trinajstić information content (AvgIpc) is 2.13. The molecular weight excluding hydrogens is 192 g/mol. The van der Waals surface area contributed by atoms with Gasteiger partial charge in [0.2, 0.25) is 5.91 Å². The van der Waals surface area contributed by atoms with Crippen molar-refractivity contribution in [3.63, 3.8) is 0 Å². The Morgan fingerprint density at radius 2 is 2.20 bits per heavy atom. The molecule has 1 unspecified atom stereocenters. The number of hydrogen-bond acceptors (Lipinski definition) is 3. The van der Waals surface area contributed by atoms with E-state index in [1.165, 1.54) is 0 Å². The summed E-state index contributed by atoms with van der Waals surface area (Å²) in [6.07, 6.45) is 5.05. The van der Waals surface area contributed by atoms with Gasteiger partial charge in [0.1, 0.15) is 0 Å². The van der Waals surface area contributed by atoms with Crippen LogP contribution in [0.1, 0.15) is 20.8 Å². The van der Waals surface area contributed by atoms with Crippen molar-refractivity contribution < 1.29 is 9.53 Å². The van der Waals surface area contributed by atoms with Crippen LogP contribution in [0.2, 0.25) is 0 Å². The standard InChI is InChI=1S/C11H20N2O2/c1-6-7-12-10(14)9(2)13-11(3,4)8-15-5/h1,9,13H,7-8H2,2-5H3,(H,12,14). The van der Waals surface area contributed by atoms with Crippen LogP contribution in [0, 0.1) is 12.3 Å². The molecule has 0 fully saturated rings. The molecule has 0 saturated heterocycles. The van der Waals surface area contributed by atoms with E-state index in [1.54, 1.807) is 14.0 Å². The molecule has 4 heteroatoms. The second-order valence-electron chi connectivity index (χ2n) is 4.10. The second kappa shape index (κ2) is 6.44. The van der Waals surface area contributed by atoms with Crippen molar-refractivity contribution in [2.24, 2.45) is 0 Å². The zero-order chi connectivity index (χ0) is 11.9. The molecule has 4 nitrogen and oxygen atoms in total. The first-order chi connectivity index (χ1) is 6.93. The molecule has 0 bridgehead atoms. The van der Waals surface area contributed by atoms with Gasteiger partial charge in [-0.15, -0.1) is 6.42 Å². The van der Waals surface area contributed by atoms with Gasteiger partial charge in [-0.25, -0.2) is 0 Å². The molecule has 0 aliphatic rings. The Labute approximate surface area is 91.8 Å². The van der Waals surface area contributed by atoms with Crippen molar-refractivity contribution in [3.8, 4) is 12.3 Å². The molecular formula is C11H20N2O2. The van der Waals surface area contributed by atoms with E-state index in [4.69, 9.17) is 11.2 Å². The summed E-state index contributed by atoms with van der Waals surface area (Å²) in [4.78, 5) is 11.5. The summed E-state index contributed by atoms with van der Waals surface area (Å²) in [5.41, 5.74) is -0.234. The Morgan fingerprint density at radius 3 is 2.67 bits per heavy atom. The number of nitrogens with one attached hydrogen (secondary N) is 2. The van der Waals surface area contributed by atoms with Crippen LogP contribution in [-0.4, -0.2) is 37.7 Å². The van der Waals surface area contributed by atoms with E-state index in [0.29, 0.717) is 6.61 Å². The maximum absolute atomic E-state index is 11.5. The van der Waals surface area contributed by atoms with Gasteiger partial charge in [0.25, 0.3) is 0 Å². The minimum absolute atomic E-state index is 0.0999. The number of terminal acetylenes is 1. The first-order valence-corrected chi connectivity index (χ1v) is 4.91. The lowest BCUT2D eigenvalue weighted by molar-refractivity contribution is -0.123. The molecule has 86 valence electrons. The SMILES string of the molecule is C#CCNC(=O)C(C)NC(C)(C)COC. The smallest absolute Gasteiger partial charge is 0.237 e. The van der Waals surface area contributed by atoms with E-state index in [-0.39, 0.29) is 24.0 Å². The van der Waals surface area contributed by atoms with E-state index in [2.05, 4.69) is 16.6 Å². The zero-order valence-electron chi connectivity index (χ0n) is 9.89. The topological polar surface area (TPSA) is 50.4 Å². The van der Waals surface area contributed by atoms with Crippen LogP contribution in [0.4, 0.5) is 0 Å². The molecule has 0 aromatic rings. The summed E-state index contributed by atoms with van der Waals surface area (Å²) < 4.78 is 5.04. The predicted octanol–water partition coefficient (Wildman–Crippen LogP) is 0.139. The summed E-state index contributed by atoms with van der Waals surface area (Å²) in [7, 11) is 1.63. The van der Waals surface area contributed by atoms with Crippen molar-refractivity contribution in [1.82, 2.24) is 10.6 Å². The molecule has 0 spiro atoms. The Morgan fingerprint density at radius 1 is 1.60 bits per heavy atom. The van der Waals surface area contributed by atoms with Crippen LogP contribution in [0.5, 0.6) is 0 Å². The Bertz CT molecular complexity index is 243. The summed E-state index contributed by atoms with van der Waals surface area (Å²) in [6.45, 7) is 6.54. The van der Waals surface area contributed by atoms with E-state index < -0.39 is 0 Å². The number of methoxy groups -OCH3 is 1. The number of hydrogen-bond donors (Lipinski definition) is 2. The number of carbonyl (C=O) groups excluding carboxylic acids is 1. The fourth-order valence-corrected chi connectivity index (χ4v) is 1.35. The van der Waals surface area contributed by atoms with Gasteiger partial charge in [-0.05, 0) is 20.8 Å². The zero-order valence-corrected chi connectivity index (χ0v) is 9.89. The quantitative estimate of drug-likeness (QED) is 0.616. The summed E-state index contributed by atoms with van der Waals surface area (Å²) in [5.74, 6) is 2.26. The van der Waals surface area contributed by atoms with Crippen molar-refractivity contribution in [3.05, 3.63) is 0 Å². The fourth-order valence-electron chi connectivity index (χ4n) is 1.35. The van der Waals surface area contributed by atoms with Gasteiger partial charge >= 0.3 is 0 Å². The molecule has 0 saturated carbocycles. The summed E-state index contributed by atoms with van der Waals surface area (Å²) in [6, 6.07) is -0.288. The van der Waals surface area contributed by atoms with Crippen LogP contribution in [-0.2, 0) is 9.53 Å². The van der Waals surface area contributed by atoms with Gasteiger partial charge in [-0.1, -0.05) is 5.92 Å². The highest BCUT2D eigenvalue weighted by Crippen LogP contribution is 2.03. The average molecular weight is 212 g/mol. The molecule has 0 heterocycles. The molecule has 0 rings (SSSR count). The number of ether oxygens (including phenoxy) is 1. The minimum Gasteiger partial charge on any atom is -0.383 e. The van der Waals surface area contributed by atoms with Crippen LogP contribution < -0.4 is 10.6 Å². The first-order valence-electron chi connectivity index (χ1n) is 4.91. The lowest BCUT2D eigenvalue weighted by Gasteiger charge is -2.28. The normalized spacial score (nSPS) is 13.0. The lowest BCUT2D eigenvalue weighted by atomic mass is 10.1. The molecule has 1 atom stereocenters. The van der Waals surface area contributed by atoms with Crippen molar-refractivity contribution in [1.29, 1.82) is 0 Å². The van der Waals surface area contributed by atoms with Gasteiger partial charge in [0.15, 0.2) is 0 Å². The maximum atomic E-state index is 11.5. The summed E-state index contributed by atoms with van der Waals surface area (Å²) in [5, 5.41) is 5.78. The van der Waals surface area contributed by atoms with Crippen LogP contribution in [0.3, 0.4) is 0 Å². The molecule has 0 aliphatic heterocycles. The van der Waals surface area contributed by atoms with E-state index in [0.717, 1.165) is 0 Å². The number of carbonyl (C=O) groups is 1. The van der Waals surface area contributed by atoms with Crippen molar-refractivity contribution in [2.45, 2.75) is 32.4 Å². The second-order valence-corrected chi connectivity index (χ2v) is 4.10. The summed E-state index contributed by atoms with van der Waals surface area (Å²) >= 11 is 0. The van der Waals surface area contributed by atoms with Crippen LogP contribution >= 0.6 is 0 Å². The van der Waals surface area contributed by atoms with Gasteiger partial charge in [-0.2, -0.15) is 0 Å². The number of rotatable bonds is 6. The fraction of sp³-hybridized carbons (Fsp3) is 0.727. The largest absolute Gasteiger partial charge is 0.383 e. The molecule has 2 N–H and O–H groups in total. The molecule has 0 aromatic heterocycles. The Kier molecular flexibility index (Phi) is 5.99. The molecule has 1 amide bonds. The Hall–Kier alpha value is -1.05. The molecule has 0 aliphatic carbocycles. The van der Waals surface area contributed by atoms with Gasteiger partial charge < -0.3 is 10.1 Å². The molecule has 0 aromatic carbocycles. The third kappa shape index (κ3) is 6.10. The van der Waals surface area contributed by atoms with E-state index >= 15 is 0 Å². The van der Waals surface area contributed by atoms with Crippen molar-refractivity contribution in [2.75, 3.05) is 20.3 Å². The third-order valence-corrected chi connectivity index (χ3v) is 1.87. The highest BCUT2D eigenvalue weighted by atomic mass is 16.5. The van der Waals surface area contributed by atoms with Gasteiger partial charge in [-0.3, -0.25) is 10.1 Å². The first kappa shape index (κ1) is 13.9. The van der Waals surface area contributed by atoms with E-state index in [1.807, 2.05) is 13.8 Å². The molecule has 0 radical (unpaired) electrons. The van der Waals surface area contributed by atoms with Gasteiger partial charge in [0, 0.05) is 12.6 Å². The third-order valence-electron chi connectivity index (χ3n) is 1.87. The number of amides is 1. The molecule has 15 heavy (non-hydrogen) atoms. The van der Waals surface area contributed by atoms with Crippen molar-refractivity contribution >= 4 is 5.91 Å². The highest BCUT2D eigenvalue weighted by Gasteiger charge is 2.23. The maximum Gasteiger partial charge on any atom is 0.237 e. The van der Waals surface area contributed by atoms with Crippen LogP contribution in [0.15, 0.2) is 0 Å². The Balaban J connectivity index is 4.06. The highest BCUT2D eigenvalue weighted by molar-refractivity contribution is 5.81. The minimum atomic E-state index is -0.288. The van der Waals surface area contributed by atoms with Gasteiger partial charge in [0.05, 0.1) is 19.2 Å². The monoisotopic (exact) mass is 212 g/mol.